The number of halogens is 1. The molecule has 1 N–H and O–H groups in total. The number of carbonyl (C=O) groups excluding carboxylic acids is 1. The summed E-state index contributed by atoms with van der Waals surface area (Å²) < 4.78 is 17.5. The van der Waals surface area contributed by atoms with Gasteiger partial charge in [0.15, 0.2) is 6.61 Å². The number of para-hydroxylation sites is 2. The Morgan fingerprint density at radius 2 is 1.86 bits per heavy atom. The summed E-state index contributed by atoms with van der Waals surface area (Å²) >= 11 is 3.53. The molecule has 0 aliphatic carbocycles. The fourth-order valence-electron chi connectivity index (χ4n) is 2.56. The van der Waals surface area contributed by atoms with Crippen LogP contribution in [0.15, 0.2) is 46.9 Å². The van der Waals surface area contributed by atoms with Crippen molar-refractivity contribution in [1.29, 1.82) is 0 Å². The molecule has 1 atom stereocenters. The second-order valence-corrected chi connectivity index (χ2v) is 7.23. The molecule has 0 aromatic heterocycles. The van der Waals surface area contributed by atoms with Crippen LogP contribution in [0.2, 0.25) is 0 Å². The third-order valence-electron chi connectivity index (χ3n) is 4.35. The molecular weight excluding hydrogens is 422 g/mol. The van der Waals surface area contributed by atoms with Gasteiger partial charge in [0.1, 0.15) is 18.1 Å². The monoisotopic (exact) mass is 449 g/mol. The zero-order valence-electron chi connectivity index (χ0n) is 16.7. The van der Waals surface area contributed by atoms with Crippen LogP contribution in [-0.4, -0.2) is 32.3 Å². The van der Waals surface area contributed by atoms with Crippen LogP contribution in [0.25, 0.3) is 0 Å². The van der Waals surface area contributed by atoms with Gasteiger partial charge >= 0.3 is 0 Å². The van der Waals surface area contributed by atoms with Crippen LogP contribution in [0.4, 0.5) is 5.69 Å². The molecule has 2 rings (SSSR count). The number of nitrogens with one attached hydrogen (secondary N) is 1. The average molecular weight is 450 g/mol. The average Bonchev–Trinajstić information content (AvgIpc) is 2.70. The number of ether oxygens (including phenoxy) is 3. The Hall–Kier alpha value is -2.05. The van der Waals surface area contributed by atoms with Crippen molar-refractivity contribution in [2.45, 2.75) is 33.1 Å². The molecule has 0 bridgehead atoms. The van der Waals surface area contributed by atoms with Gasteiger partial charge in [0.25, 0.3) is 5.91 Å². The highest BCUT2D eigenvalue weighted by molar-refractivity contribution is 9.10. The van der Waals surface area contributed by atoms with Gasteiger partial charge in [-0.15, -0.1) is 0 Å². The predicted octanol–water partition coefficient (Wildman–Crippen LogP) is 5.40. The first-order valence-electron chi connectivity index (χ1n) is 9.56. The van der Waals surface area contributed by atoms with Crippen molar-refractivity contribution in [3.05, 3.63) is 52.5 Å². The van der Waals surface area contributed by atoms with Crippen molar-refractivity contribution >= 4 is 27.5 Å². The van der Waals surface area contributed by atoms with Crippen molar-refractivity contribution in [3.63, 3.8) is 0 Å². The van der Waals surface area contributed by atoms with Gasteiger partial charge in [0.2, 0.25) is 0 Å². The van der Waals surface area contributed by atoms with E-state index in [1.54, 1.807) is 6.07 Å². The molecule has 0 aliphatic heterocycles. The van der Waals surface area contributed by atoms with Crippen LogP contribution < -0.4 is 14.8 Å². The molecule has 2 aromatic rings. The first kappa shape index (κ1) is 22.2. The summed E-state index contributed by atoms with van der Waals surface area (Å²) in [6.07, 6.45) is 1.07. The Kier molecular flexibility index (Phi) is 9.31. The van der Waals surface area contributed by atoms with E-state index >= 15 is 0 Å². The lowest BCUT2D eigenvalue weighted by atomic mass is 9.99. The Morgan fingerprint density at radius 1 is 1.07 bits per heavy atom. The largest absolute Gasteiger partial charge is 0.489 e. The minimum atomic E-state index is -0.251. The van der Waals surface area contributed by atoms with Gasteiger partial charge < -0.3 is 19.5 Å². The second kappa shape index (κ2) is 11.7. The smallest absolute Gasteiger partial charge is 0.262 e. The van der Waals surface area contributed by atoms with Crippen molar-refractivity contribution in [2.24, 2.45) is 0 Å². The van der Waals surface area contributed by atoms with E-state index in [1.165, 1.54) is 5.56 Å². The maximum absolute atomic E-state index is 12.3. The summed E-state index contributed by atoms with van der Waals surface area (Å²) in [6.45, 7) is 7.76. The third kappa shape index (κ3) is 6.84. The predicted molar refractivity (Wildman–Crippen MR) is 115 cm³/mol. The number of carbonyl (C=O) groups is 1. The molecule has 0 radical (unpaired) electrons. The number of amides is 1. The SMILES string of the molecule is CCOCCOc1ccccc1NC(=O)COc1ccc(C(C)CC)cc1Br. The molecule has 0 heterocycles. The fourth-order valence-corrected chi connectivity index (χ4v) is 3.07. The van der Waals surface area contributed by atoms with Crippen molar-refractivity contribution in [2.75, 3.05) is 31.7 Å². The van der Waals surface area contributed by atoms with Gasteiger partial charge in [0, 0.05) is 6.61 Å². The van der Waals surface area contributed by atoms with E-state index in [0.29, 0.717) is 42.9 Å². The van der Waals surface area contributed by atoms with Gasteiger partial charge in [0.05, 0.1) is 16.8 Å². The maximum atomic E-state index is 12.3. The van der Waals surface area contributed by atoms with E-state index in [4.69, 9.17) is 14.2 Å². The molecule has 5 nitrogen and oxygen atoms in total. The molecule has 1 amide bonds. The van der Waals surface area contributed by atoms with E-state index in [-0.39, 0.29) is 12.5 Å². The Labute approximate surface area is 175 Å². The molecule has 152 valence electrons. The van der Waals surface area contributed by atoms with Crippen LogP contribution in [0, 0.1) is 0 Å². The molecule has 1 unspecified atom stereocenters. The summed E-state index contributed by atoms with van der Waals surface area (Å²) in [5.41, 5.74) is 1.85. The Bertz CT molecular complexity index is 766. The summed E-state index contributed by atoms with van der Waals surface area (Å²) in [5.74, 6) is 1.48. The molecule has 0 saturated carbocycles. The molecule has 0 aliphatic rings. The van der Waals surface area contributed by atoms with Gasteiger partial charge in [-0.3, -0.25) is 4.79 Å². The van der Waals surface area contributed by atoms with Crippen molar-refractivity contribution in [3.8, 4) is 11.5 Å². The molecule has 2 aromatic carbocycles. The highest BCUT2D eigenvalue weighted by atomic mass is 79.9. The molecule has 6 heteroatoms. The van der Waals surface area contributed by atoms with Gasteiger partial charge in [-0.1, -0.05) is 32.0 Å². The molecule has 28 heavy (non-hydrogen) atoms. The number of hydrogen-bond acceptors (Lipinski definition) is 4. The summed E-state index contributed by atoms with van der Waals surface area (Å²) in [7, 11) is 0. The standard InChI is InChI=1S/C22H28BrNO4/c1-4-16(3)17-10-11-20(18(23)14-17)28-15-22(25)24-19-8-6-7-9-21(19)27-13-12-26-5-2/h6-11,14,16H,4-5,12-13,15H2,1-3H3,(H,24,25). The van der Waals surface area contributed by atoms with Crippen LogP contribution in [0.1, 0.15) is 38.7 Å². The molecule has 0 saturated heterocycles. The summed E-state index contributed by atoms with van der Waals surface area (Å²) in [4.78, 5) is 12.3. The highest BCUT2D eigenvalue weighted by Gasteiger charge is 2.11. The molecule has 0 fully saturated rings. The van der Waals surface area contributed by atoms with Crippen molar-refractivity contribution in [1.82, 2.24) is 0 Å². The third-order valence-corrected chi connectivity index (χ3v) is 4.97. The van der Waals surface area contributed by atoms with Gasteiger partial charge in [-0.05, 0) is 65.0 Å². The zero-order chi connectivity index (χ0) is 20.4. The van der Waals surface area contributed by atoms with Crippen LogP contribution in [0.5, 0.6) is 11.5 Å². The zero-order valence-corrected chi connectivity index (χ0v) is 18.3. The topological polar surface area (TPSA) is 56.8 Å². The first-order chi connectivity index (χ1) is 13.5. The van der Waals surface area contributed by atoms with Crippen LogP contribution in [-0.2, 0) is 9.53 Å². The number of hydrogen-bond donors (Lipinski definition) is 1. The Morgan fingerprint density at radius 3 is 2.57 bits per heavy atom. The maximum Gasteiger partial charge on any atom is 0.262 e. The summed E-state index contributed by atoms with van der Waals surface area (Å²) in [6, 6.07) is 13.3. The quantitative estimate of drug-likeness (QED) is 0.466. The van der Waals surface area contributed by atoms with E-state index < -0.39 is 0 Å². The highest BCUT2D eigenvalue weighted by Crippen LogP contribution is 2.30. The van der Waals surface area contributed by atoms with E-state index in [0.717, 1.165) is 10.9 Å². The first-order valence-corrected chi connectivity index (χ1v) is 10.4. The second-order valence-electron chi connectivity index (χ2n) is 6.38. The summed E-state index contributed by atoms with van der Waals surface area (Å²) in [5, 5.41) is 2.83. The van der Waals surface area contributed by atoms with E-state index in [1.807, 2.05) is 43.3 Å². The number of rotatable bonds is 11. The lowest BCUT2D eigenvalue weighted by Crippen LogP contribution is -2.21. The van der Waals surface area contributed by atoms with Crippen molar-refractivity contribution < 1.29 is 19.0 Å². The lowest BCUT2D eigenvalue weighted by Gasteiger charge is -2.14. The van der Waals surface area contributed by atoms with Gasteiger partial charge in [-0.25, -0.2) is 0 Å². The number of benzene rings is 2. The lowest BCUT2D eigenvalue weighted by molar-refractivity contribution is -0.118. The van der Waals surface area contributed by atoms with Crippen LogP contribution in [0.3, 0.4) is 0 Å². The minimum absolute atomic E-state index is 0.0887. The fraction of sp³-hybridized carbons (Fsp3) is 0.409. The Balaban J connectivity index is 1.91. The minimum Gasteiger partial charge on any atom is -0.489 e. The normalized spacial score (nSPS) is 11.7. The van der Waals surface area contributed by atoms with Crippen LogP contribution >= 0.6 is 15.9 Å². The number of anilines is 1. The van der Waals surface area contributed by atoms with Gasteiger partial charge in [-0.2, -0.15) is 0 Å². The van der Waals surface area contributed by atoms with E-state index in [9.17, 15) is 4.79 Å². The molecular formula is C22H28BrNO4. The molecule has 0 spiro atoms. The van der Waals surface area contributed by atoms with E-state index in [2.05, 4.69) is 35.1 Å².